The maximum absolute atomic E-state index is 5.73. The minimum atomic E-state index is 0. The number of aryl methyl sites for hydroxylation is 2. The Morgan fingerprint density at radius 1 is 1.31 bits per heavy atom. The number of nitrogens with zero attached hydrogens (tertiary/aromatic N) is 1. The summed E-state index contributed by atoms with van der Waals surface area (Å²) >= 11 is 5.73. The molecule has 72 valence electrons. The minimum Gasteiger partial charge on any atom is -0.261 e. The van der Waals surface area contributed by atoms with E-state index >= 15 is 0 Å². The smallest absolute Gasteiger partial charge is 0.0489 e. The summed E-state index contributed by atoms with van der Waals surface area (Å²) in [5.74, 6) is 0.584. The standard InChI is InChI=1S/C10H12ClN.ClH/c11-6-8-5-9-3-1-2-4-10(9)12-7-8;/h5,7H,1-4,6H2;1H. The predicted octanol–water partition coefficient (Wildman–Crippen LogP) is 3.12. The van der Waals surface area contributed by atoms with Gasteiger partial charge in [0.05, 0.1) is 0 Å². The largest absolute Gasteiger partial charge is 0.261 e. The molecule has 0 aromatic carbocycles. The molecule has 0 radical (unpaired) electrons. The van der Waals surface area contributed by atoms with E-state index in [1.807, 2.05) is 6.20 Å². The lowest BCUT2D eigenvalue weighted by molar-refractivity contribution is 0.666. The van der Waals surface area contributed by atoms with Gasteiger partial charge in [-0.25, -0.2) is 0 Å². The van der Waals surface area contributed by atoms with Crippen LogP contribution in [0.25, 0.3) is 0 Å². The predicted molar refractivity (Wildman–Crippen MR) is 57.7 cm³/mol. The summed E-state index contributed by atoms with van der Waals surface area (Å²) in [6, 6.07) is 2.20. The van der Waals surface area contributed by atoms with Crippen LogP contribution in [0.15, 0.2) is 12.3 Å². The molecule has 0 saturated heterocycles. The first kappa shape index (κ1) is 10.8. The highest BCUT2D eigenvalue weighted by molar-refractivity contribution is 6.17. The van der Waals surface area contributed by atoms with E-state index in [9.17, 15) is 0 Å². The molecular formula is C10H13Cl2N. The van der Waals surface area contributed by atoms with Gasteiger partial charge in [-0.3, -0.25) is 4.98 Å². The molecule has 2 rings (SSSR count). The van der Waals surface area contributed by atoms with Crippen molar-refractivity contribution in [2.24, 2.45) is 0 Å². The number of alkyl halides is 1. The SMILES string of the molecule is Cl.ClCc1cnc2c(c1)CCCC2. The highest BCUT2D eigenvalue weighted by atomic mass is 35.5. The quantitative estimate of drug-likeness (QED) is 0.660. The van der Waals surface area contributed by atoms with Crippen LogP contribution in [0, 0.1) is 0 Å². The Bertz CT molecular complexity index is 286. The lowest BCUT2D eigenvalue weighted by Crippen LogP contribution is -2.05. The summed E-state index contributed by atoms with van der Waals surface area (Å²) in [7, 11) is 0. The van der Waals surface area contributed by atoms with Gasteiger partial charge in [-0.2, -0.15) is 0 Å². The van der Waals surface area contributed by atoms with Crippen molar-refractivity contribution in [3.8, 4) is 0 Å². The molecule has 1 aliphatic rings. The average molecular weight is 218 g/mol. The third-order valence-corrected chi connectivity index (χ3v) is 2.69. The van der Waals surface area contributed by atoms with Crippen LogP contribution >= 0.6 is 24.0 Å². The first-order valence-corrected chi connectivity index (χ1v) is 4.96. The second kappa shape index (κ2) is 4.83. The van der Waals surface area contributed by atoms with Crippen LogP contribution in [0.3, 0.4) is 0 Å². The first-order valence-electron chi connectivity index (χ1n) is 4.43. The fourth-order valence-corrected chi connectivity index (χ4v) is 1.86. The van der Waals surface area contributed by atoms with Gasteiger partial charge in [0.1, 0.15) is 0 Å². The summed E-state index contributed by atoms with van der Waals surface area (Å²) in [6.07, 6.45) is 6.84. The van der Waals surface area contributed by atoms with Crippen LogP contribution in [0.5, 0.6) is 0 Å². The van der Waals surface area contributed by atoms with Crippen molar-refractivity contribution in [1.29, 1.82) is 0 Å². The molecule has 1 heterocycles. The zero-order chi connectivity index (χ0) is 8.39. The summed E-state index contributed by atoms with van der Waals surface area (Å²) in [5.41, 5.74) is 3.85. The number of hydrogen-bond acceptors (Lipinski definition) is 1. The third-order valence-electron chi connectivity index (χ3n) is 2.38. The molecule has 0 saturated carbocycles. The number of fused-ring (bicyclic) bond motifs is 1. The van der Waals surface area contributed by atoms with E-state index < -0.39 is 0 Å². The van der Waals surface area contributed by atoms with Gasteiger partial charge in [-0.1, -0.05) is 6.07 Å². The van der Waals surface area contributed by atoms with Crippen LogP contribution in [0.4, 0.5) is 0 Å². The van der Waals surface area contributed by atoms with E-state index in [0.717, 1.165) is 12.0 Å². The van der Waals surface area contributed by atoms with Gasteiger partial charge >= 0.3 is 0 Å². The number of aromatic nitrogens is 1. The van der Waals surface area contributed by atoms with E-state index in [1.54, 1.807) is 0 Å². The Kier molecular flexibility index (Phi) is 4.01. The molecule has 0 atom stereocenters. The lowest BCUT2D eigenvalue weighted by Gasteiger charge is -2.14. The molecule has 0 aliphatic heterocycles. The number of hydrogen-bond donors (Lipinski definition) is 0. The topological polar surface area (TPSA) is 12.9 Å². The Labute approximate surface area is 89.9 Å². The first-order chi connectivity index (χ1) is 5.90. The van der Waals surface area contributed by atoms with E-state index in [2.05, 4.69) is 11.1 Å². The highest BCUT2D eigenvalue weighted by Crippen LogP contribution is 2.20. The highest BCUT2D eigenvalue weighted by Gasteiger charge is 2.09. The molecule has 0 N–H and O–H groups in total. The van der Waals surface area contributed by atoms with Gasteiger partial charge < -0.3 is 0 Å². The number of halogens is 2. The van der Waals surface area contributed by atoms with Crippen molar-refractivity contribution in [2.75, 3.05) is 0 Å². The van der Waals surface area contributed by atoms with Gasteiger partial charge in [0, 0.05) is 17.8 Å². The molecule has 13 heavy (non-hydrogen) atoms. The second-order valence-corrected chi connectivity index (χ2v) is 3.56. The van der Waals surface area contributed by atoms with Gasteiger partial charge in [0.2, 0.25) is 0 Å². The maximum Gasteiger partial charge on any atom is 0.0489 e. The molecule has 0 bridgehead atoms. The van der Waals surface area contributed by atoms with Crippen molar-refractivity contribution >= 4 is 24.0 Å². The average Bonchev–Trinajstić information content (AvgIpc) is 2.17. The van der Waals surface area contributed by atoms with E-state index in [0.29, 0.717) is 5.88 Å². The van der Waals surface area contributed by atoms with Gasteiger partial charge in [0.25, 0.3) is 0 Å². The van der Waals surface area contributed by atoms with Crippen LogP contribution in [0.1, 0.15) is 29.7 Å². The van der Waals surface area contributed by atoms with Crippen LogP contribution in [-0.2, 0) is 18.7 Å². The molecule has 0 fully saturated rings. The van der Waals surface area contributed by atoms with Gasteiger partial charge in [0.15, 0.2) is 0 Å². The summed E-state index contributed by atoms with van der Waals surface area (Å²) < 4.78 is 0. The Balaban J connectivity index is 0.000000845. The number of pyridine rings is 1. The van der Waals surface area contributed by atoms with Gasteiger partial charge in [-0.05, 0) is 36.8 Å². The zero-order valence-electron chi connectivity index (χ0n) is 7.42. The fourth-order valence-electron chi connectivity index (χ4n) is 1.71. The van der Waals surface area contributed by atoms with E-state index in [4.69, 9.17) is 11.6 Å². The Morgan fingerprint density at radius 2 is 2.08 bits per heavy atom. The monoisotopic (exact) mass is 217 g/mol. The summed E-state index contributed by atoms with van der Waals surface area (Å²) in [4.78, 5) is 4.41. The fraction of sp³-hybridized carbons (Fsp3) is 0.500. The van der Waals surface area contributed by atoms with Crippen molar-refractivity contribution in [1.82, 2.24) is 4.98 Å². The molecule has 1 aromatic rings. The van der Waals surface area contributed by atoms with Crippen molar-refractivity contribution in [3.63, 3.8) is 0 Å². The normalized spacial score (nSPS) is 14.5. The molecule has 0 unspecified atom stereocenters. The summed E-state index contributed by atoms with van der Waals surface area (Å²) in [6.45, 7) is 0. The Hall–Kier alpha value is -0.270. The molecule has 1 aromatic heterocycles. The van der Waals surface area contributed by atoms with Crippen molar-refractivity contribution in [2.45, 2.75) is 31.6 Å². The van der Waals surface area contributed by atoms with Crippen molar-refractivity contribution < 1.29 is 0 Å². The van der Waals surface area contributed by atoms with Gasteiger partial charge in [-0.15, -0.1) is 24.0 Å². The molecular weight excluding hydrogens is 205 g/mol. The van der Waals surface area contributed by atoms with Crippen molar-refractivity contribution in [3.05, 3.63) is 29.1 Å². The summed E-state index contributed by atoms with van der Waals surface area (Å²) in [5, 5.41) is 0. The van der Waals surface area contributed by atoms with E-state index in [-0.39, 0.29) is 12.4 Å². The third kappa shape index (κ3) is 2.35. The zero-order valence-corrected chi connectivity index (χ0v) is 9.00. The lowest BCUT2D eigenvalue weighted by atomic mass is 9.95. The maximum atomic E-state index is 5.73. The minimum absolute atomic E-state index is 0. The van der Waals surface area contributed by atoms with Crippen LogP contribution in [0.2, 0.25) is 0 Å². The second-order valence-electron chi connectivity index (χ2n) is 3.29. The molecule has 0 spiro atoms. The molecule has 1 aliphatic carbocycles. The van der Waals surface area contributed by atoms with Crippen LogP contribution in [-0.4, -0.2) is 4.98 Å². The molecule has 3 heteroatoms. The molecule has 1 nitrogen and oxygen atoms in total. The van der Waals surface area contributed by atoms with E-state index in [1.165, 1.54) is 30.5 Å². The Morgan fingerprint density at radius 3 is 2.85 bits per heavy atom. The van der Waals surface area contributed by atoms with Crippen LogP contribution < -0.4 is 0 Å². The number of rotatable bonds is 1. The molecule has 0 amide bonds.